The molecule has 5 heteroatoms. The smallest absolute Gasteiger partial charge is 0.410 e. The Labute approximate surface area is 119 Å². The molecule has 1 amide bonds. The molecule has 0 atom stereocenters. The number of hydrogen-bond donors (Lipinski definition) is 0. The van der Waals surface area contributed by atoms with E-state index in [0.29, 0.717) is 25.2 Å². The summed E-state index contributed by atoms with van der Waals surface area (Å²) < 4.78 is 5.39. The molecule has 0 radical (unpaired) electrons. The third-order valence-electron chi connectivity index (χ3n) is 3.10. The van der Waals surface area contributed by atoms with Crippen molar-refractivity contribution in [2.45, 2.75) is 39.2 Å². The summed E-state index contributed by atoms with van der Waals surface area (Å²) in [6.07, 6.45) is 1.11. The minimum atomic E-state index is -0.484. The summed E-state index contributed by atoms with van der Waals surface area (Å²) in [5.74, 6) is 0. The van der Waals surface area contributed by atoms with E-state index >= 15 is 0 Å². The maximum absolute atomic E-state index is 12.1. The van der Waals surface area contributed by atoms with Crippen molar-refractivity contribution in [3.63, 3.8) is 0 Å². The third kappa shape index (κ3) is 3.47. The van der Waals surface area contributed by atoms with E-state index < -0.39 is 5.60 Å². The lowest BCUT2D eigenvalue weighted by Crippen LogP contribution is -2.38. The van der Waals surface area contributed by atoms with Gasteiger partial charge in [0.1, 0.15) is 17.4 Å². The Morgan fingerprint density at radius 3 is 2.70 bits per heavy atom. The topological polar surface area (TPSA) is 66.2 Å². The Hall–Kier alpha value is -2.09. The number of rotatable bonds is 0. The minimum absolute atomic E-state index is 0.286. The largest absolute Gasteiger partial charge is 0.444 e. The zero-order valence-corrected chi connectivity index (χ0v) is 12.1. The lowest BCUT2D eigenvalue weighted by molar-refractivity contribution is 0.0258. The van der Waals surface area contributed by atoms with E-state index in [2.05, 4.69) is 4.98 Å². The maximum atomic E-state index is 12.1. The molecule has 0 aromatic carbocycles. The Balaban J connectivity index is 2.08. The molecule has 0 fully saturated rings. The Kier molecular flexibility index (Phi) is 3.93. The number of nitriles is 1. The van der Waals surface area contributed by atoms with Crippen LogP contribution >= 0.6 is 0 Å². The highest BCUT2D eigenvalue weighted by Gasteiger charge is 2.24. The Morgan fingerprint density at radius 1 is 1.35 bits per heavy atom. The SMILES string of the molecule is CC(C)(C)OC(=O)N1CCc2ccc(C#N)nc2CC1. The standard InChI is InChI=1S/C15H19N3O2/c1-15(2,3)20-14(19)18-8-6-11-4-5-12(10-16)17-13(11)7-9-18/h4-5H,6-9H2,1-3H3. The van der Waals surface area contributed by atoms with Crippen LogP contribution in [0.15, 0.2) is 12.1 Å². The molecule has 0 saturated carbocycles. The maximum Gasteiger partial charge on any atom is 0.410 e. The van der Waals surface area contributed by atoms with Crippen molar-refractivity contribution < 1.29 is 9.53 Å². The van der Waals surface area contributed by atoms with Crippen molar-refractivity contribution in [1.82, 2.24) is 9.88 Å². The lowest BCUT2D eigenvalue weighted by atomic mass is 10.1. The zero-order valence-electron chi connectivity index (χ0n) is 12.1. The Morgan fingerprint density at radius 2 is 2.05 bits per heavy atom. The van der Waals surface area contributed by atoms with Crippen molar-refractivity contribution in [3.8, 4) is 6.07 Å². The molecular weight excluding hydrogens is 254 g/mol. The molecule has 0 N–H and O–H groups in total. The van der Waals surface area contributed by atoms with Gasteiger partial charge >= 0.3 is 6.09 Å². The highest BCUT2D eigenvalue weighted by atomic mass is 16.6. The van der Waals surface area contributed by atoms with Gasteiger partial charge in [-0.2, -0.15) is 5.26 Å². The molecular formula is C15H19N3O2. The summed E-state index contributed by atoms with van der Waals surface area (Å²) in [7, 11) is 0. The van der Waals surface area contributed by atoms with Crippen LogP contribution in [0.4, 0.5) is 4.79 Å². The molecule has 0 unspecified atom stereocenters. The molecule has 1 aromatic heterocycles. The van der Waals surface area contributed by atoms with Crippen molar-refractivity contribution in [1.29, 1.82) is 5.26 Å². The molecule has 1 aliphatic heterocycles. The summed E-state index contributed by atoms with van der Waals surface area (Å²) >= 11 is 0. The lowest BCUT2D eigenvalue weighted by Gasteiger charge is -2.26. The van der Waals surface area contributed by atoms with Gasteiger partial charge in [0, 0.05) is 25.2 Å². The molecule has 0 bridgehead atoms. The van der Waals surface area contributed by atoms with Crippen LogP contribution in [0.2, 0.25) is 0 Å². The summed E-state index contributed by atoms with van der Waals surface area (Å²) in [5.41, 5.74) is 1.96. The van der Waals surface area contributed by atoms with Crippen LogP contribution in [-0.2, 0) is 17.6 Å². The molecule has 0 aliphatic carbocycles. The molecule has 1 aliphatic rings. The van der Waals surface area contributed by atoms with E-state index in [0.717, 1.165) is 17.7 Å². The first-order valence-corrected chi connectivity index (χ1v) is 6.76. The van der Waals surface area contributed by atoms with Crippen LogP contribution in [0.1, 0.15) is 37.7 Å². The van der Waals surface area contributed by atoms with Crippen molar-refractivity contribution in [3.05, 3.63) is 29.1 Å². The third-order valence-corrected chi connectivity index (χ3v) is 3.10. The van der Waals surface area contributed by atoms with Crippen LogP contribution in [0.25, 0.3) is 0 Å². The average molecular weight is 273 g/mol. The van der Waals surface area contributed by atoms with Crippen molar-refractivity contribution in [2.75, 3.05) is 13.1 Å². The number of hydrogen-bond acceptors (Lipinski definition) is 4. The van der Waals surface area contributed by atoms with Gasteiger partial charge in [0.25, 0.3) is 0 Å². The number of carbonyl (C=O) groups is 1. The van der Waals surface area contributed by atoms with Crippen LogP contribution in [0, 0.1) is 11.3 Å². The fourth-order valence-corrected chi connectivity index (χ4v) is 2.15. The van der Waals surface area contributed by atoms with Crippen LogP contribution < -0.4 is 0 Å². The molecule has 1 aromatic rings. The number of ether oxygens (including phenoxy) is 1. The first kappa shape index (κ1) is 14.3. The number of aromatic nitrogens is 1. The second-order valence-corrected chi connectivity index (χ2v) is 5.88. The summed E-state index contributed by atoms with van der Waals surface area (Å²) in [6, 6.07) is 5.70. The fraction of sp³-hybridized carbons (Fsp3) is 0.533. The predicted octanol–water partition coefficient (Wildman–Crippen LogP) is 2.29. The van der Waals surface area contributed by atoms with Gasteiger partial charge in [0.05, 0.1) is 0 Å². The van der Waals surface area contributed by atoms with E-state index in [-0.39, 0.29) is 6.09 Å². The van der Waals surface area contributed by atoms with Crippen LogP contribution in [0.3, 0.4) is 0 Å². The van der Waals surface area contributed by atoms with E-state index in [1.54, 1.807) is 11.0 Å². The number of pyridine rings is 1. The number of nitrogens with zero attached hydrogens (tertiary/aromatic N) is 3. The quantitative estimate of drug-likeness (QED) is 0.727. The number of fused-ring (bicyclic) bond motifs is 1. The summed E-state index contributed by atoms with van der Waals surface area (Å²) in [6.45, 7) is 6.77. The van der Waals surface area contributed by atoms with Crippen molar-refractivity contribution >= 4 is 6.09 Å². The summed E-state index contributed by atoms with van der Waals surface area (Å²) in [5, 5.41) is 8.88. The van der Waals surface area contributed by atoms with Gasteiger partial charge in [-0.05, 0) is 38.8 Å². The second kappa shape index (κ2) is 5.49. The number of amides is 1. The highest BCUT2D eigenvalue weighted by molar-refractivity contribution is 5.68. The van der Waals surface area contributed by atoms with Gasteiger partial charge in [-0.3, -0.25) is 0 Å². The average Bonchev–Trinajstić information content (AvgIpc) is 2.58. The van der Waals surface area contributed by atoms with E-state index in [4.69, 9.17) is 10.00 Å². The molecule has 2 heterocycles. The zero-order chi connectivity index (χ0) is 14.8. The first-order chi connectivity index (χ1) is 9.39. The molecule has 2 rings (SSSR count). The van der Waals surface area contributed by atoms with Crippen LogP contribution in [0.5, 0.6) is 0 Å². The van der Waals surface area contributed by atoms with Crippen molar-refractivity contribution in [2.24, 2.45) is 0 Å². The summed E-state index contributed by atoms with van der Waals surface area (Å²) in [4.78, 5) is 18.1. The van der Waals surface area contributed by atoms with Gasteiger partial charge in [-0.1, -0.05) is 6.07 Å². The monoisotopic (exact) mass is 273 g/mol. The minimum Gasteiger partial charge on any atom is -0.444 e. The number of carbonyl (C=O) groups excluding carboxylic acids is 1. The van der Waals surface area contributed by atoms with Crippen LogP contribution in [-0.4, -0.2) is 34.7 Å². The van der Waals surface area contributed by atoms with Gasteiger partial charge < -0.3 is 9.64 Å². The van der Waals surface area contributed by atoms with E-state index in [9.17, 15) is 4.79 Å². The fourth-order valence-electron chi connectivity index (χ4n) is 2.15. The van der Waals surface area contributed by atoms with Gasteiger partial charge in [-0.25, -0.2) is 9.78 Å². The van der Waals surface area contributed by atoms with Gasteiger partial charge in [0.15, 0.2) is 0 Å². The predicted molar refractivity (Wildman–Crippen MR) is 74.2 cm³/mol. The first-order valence-electron chi connectivity index (χ1n) is 6.76. The second-order valence-electron chi connectivity index (χ2n) is 5.88. The normalized spacial score (nSPS) is 15.0. The molecule has 106 valence electrons. The molecule has 0 saturated heterocycles. The molecule has 5 nitrogen and oxygen atoms in total. The van der Waals surface area contributed by atoms with Gasteiger partial charge in [0.2, 0.25) is 0 Å². The molecule has 20 heavy (non-hydrogen) atoms. The van der Waals surface area contributed by atoms with E-state index in [1.807, 2.05) is 32.9 Å². The highest BCUT2D eigenvalue weighted by Crippen LogP contribution is 2.17. The van der Waals surface area contributed by atoms with Gasteiger partial charge in [-0.15, -0.1) is 0 Å². The molecule has 0 spiro atoms. The van der Waals surface area contributed by atoms with E-state index in [1.165, 1.54) is 0 Å². The Bertz CT molecular complexity index is 555.